The molecule has 0 radical (unpaired) electrons. The van der Waals surface area contributed by atoms with Gasteiger partial charge in [0, 0.05) is 50.0 Å². The van der Waals surface area contributed by atoms with Crippen molar-refractivity contribution in [3.05, 3.63) is 88.3 Å². The third-order valence-electron chi connectivity index (χ3n) is 6.49. The summed E-state index contributed by atoms with van der Waals surface area (Å²) in [5.41, 5.74) is 1.84. The van der Waals surface area contributed by atoms with Gasteiger partial charge in [0.2, 0.25) is 0 Å². The molecular formula is C28H31N5O8. The van der Waals surface area contributed by atoms with Crippen LogP contribution in [0.5, 0.6) is 0 Å². The predicted octanol–water partition coefficient (Wildman–Crippen LogP) is 3.73. The van der Waals surface area contributed by atoms with Crippen molar-refractivity contribution in [1.82, 2.24) is 19.9 Å². The third-order valence-corrected chi connectivity index (χ3v) is 6.49. The maximum atomic E-state index is 12.7. The van der Waals surface area contributed by atoms with Gasteiger partial charge in [-0.15, -0.1) is 0 Å². The lowest BCUT2D eigenvalue weighted by atomic mass is 9.93. The van der Waals surface area contributed by atoms with E-state index in [0.717, 1.165) is 38.9 Å². The molecular weight excluding hydrogens is 534 g/mol. The minimum absolute atomic E-state index is 0.0106. The van der Waals surface area contributed by atoms with E-state index in [-0.39, 0.29) is 23.3 Å². The van der Waals surface area contributed by atoms with Crippen molar-refractivity contribution < 1.29 is 34.0 Å². The number of hydrogen-bond acceptors (Lipinski definition) is 9. The van der Waals surface area contributed by atoms with Crippen LogP contribution in [0.25, 0.3) is 11.5 Å². The number of piperidine rings is 1. The van der Waals surface area contributed by atoms with Gasteiger partial charge in [0.25, 0.3) is 23.3 Å². The lowest BCUT2D eigenvalue weighted by molar-refractivity contribution is -0.384. The van der Waals surface area contributed by atoms with Gasteiger partial charge in [0.1, 0.15) is 0 Å². The second-order valence-corrected chi connectivity index (χ2v) is 9.46. The first kappa shape index (κ1) is 30.6. The lowest BCUT2D eigenvalue weighted by Crippen LogP contribution is -2.35. The highest BCUT2D eigenvalue weighted by Crippen LogP contribution is 2.23. The fourth-order valence-electron chi connectivity index (χ4n) is 4.22. The standard InChI is InChI=1S/C24H27N5O4.C4H4O4/c1-27(14-11-18-12-15-28(16-13-18)17-19-5-3-2-4-6-19)24(30)22-25-23(33-26-22)20-7-9-21(10-8-20)29(31)32;5-3(6)1-2-4(7)8/h2-10,18H,11-17H2,1H3;1-2H,(H,5,6)(H,7,8)/b;2-1+. The number of nitro groups is 1. The number of carbonyl (C=O) groups excluding carboxylic acids is 1. The van der Waals surface area contributed by atoms with Crippen LogP contribution in [-0.2, 0) is 16.1 Å². The van der Waals surface area contributed by atoms with Gasteiger partial charge in [-0.1, -0.05) is 35.5 Å². The molecule has 1 fully saturated rings. The maximum Gasteiger partial charge on any atom is 0.328 e. The average Bonchev–Trinajstić information content (AvgIpc) is 3.46. The molecule has 0 saturated carbocycles. The van der Waals surface area contributed by atoms with Gasteiger partial charge < -0.3 is 19.6 Å². The van der Waals surface area contributed by atoms with Gasteiger partial charge >= 0.3 is 11.9 Å². The Morgan fingerprint density at radius 1 is 1.05 bits per heavy atom. The Kier molecular flexibility index (Phi) is 11.2. The summed E-state index contributed by atoms with van der Waals surface area (Å²) in [6.45, 7) is 3.76. The zero-order chi connectivity index (χ0) is 29.8. The molecule has 1 aliphatic rings. The largest absolute Gasteiger partial charge is 0.478 e. The van der Waals surface area contributed by atoms with E-state index < -0.39 is 16.9 Å². The van der Waals surface area contributed by atoms with Crippen molar-refractivity contribution >= 4 is 23.5 Å². The zero-order valence-corrected chi connectivity index (χ0v) is 22.5. The third kappa shape index (κ3) is 9.97. The number of likely N-dealkylation sites (tertiary alicyclic amines) is 1. The number of carboxylic acid groups (broad SMARTS) is 2. The Bertz CT molecular complexity index is 1330. The fourth-order valence-corrected chi connectivity index (χ4v) is 4.22. The molecule has 2 heterocycles. The van der Waals surface area contributed by atoms with E-state index in [4.69, 9.17) is 14.7 Å². The molecule has 2 N–H and O–H groups in total. The van der Waals surface area contributed by atoms with Gasteiger partial charge in [-0.3, -0.25) is 19.8 Å². The molecule has 13 heteroatoms. The zero-order valence-electron chi connectivity index (χ0n) is 22.5. The second kappa shape index (κ2) is 15.0. The number of nitrogens with zero attached hydrogens (tertiary/aromatic N) is 5. The molecule has 0 atom stereocenters. The highest BCUT2D eigenvalue weighted by molar-refractivity contribution is 5.90. The van der Waals surface area contributed by atoms with Crippen molar-refractivity contribution in [3.8, 4) is 11.5 Å². The smallest absolute Gasteiger partial charge is 0.328 e. The molecule has 0 spiro atoms. The van der Waals surface area contributed by atoms with Gasteiger partial charge in [-0.2, -0.15) is 4.98 Å². The number of amides is 1. The van der Waals surface area contributed by atoms with Gasteiger partial charge in [-0.25, -0.2) is 9.59 Å². The van der Waals surface area contributed by atoms with E-state index in [2.05, 4.69) is 39.3 Å². The number of rotatable bonds is 10. The van der Waals surface area contributed by atoms with Crippen LogP contribution >= 0.6 is 0 Å². The summed E-state index contributed by atoms with van der Waals surface area (Å²) in [6.07, 6.45) is 4.31. The van der Waals surface area contributed by atoms with Crippen molar-refractivity contribution in [2.24, 2.45) is 5.92 Å². The monoisotopic (exact) mass is 565 g/mol. The van der Waals surface area contributed by atoms with E-state index in [1.165, 1.54) is 29.8 Å². The van der Waals surface area contributed by atoms with E-state index in [1.54, 1.807) is 11.9 Å². The van der Waals surface area contributed by atoms with Crippen LogP contribution in [0.2, 0.25) is 0 Å². The predicted molar refractivity (Wildman–Crippen MR) is 147 cm³/mol. The summed E-state index contributed by atoms with van der Waals surface area (Å²) in [6, 6.07) is 16.3. The topological polar surface area (TPSA) is 180 Å². The molecule has 1 aromatic heterocycles. The van der Waals surface area contributed by atoms with Gasteiger partial charge in [0.05, 0.1) is 4.92 Å². The van der Waals surface area contributed by atoms with Gasteiger partial charge in [-0.05, 0) is 56.0 Å². The molecule has 1 amide bonds. The quantitative estimate of drug-likeness (QED) is 0.208. The highest BCUT2D eigenvalue weighted by Gasteiger charge is 2.23. The molecule has 0 bridgehead atoms. The first-order valence-electron chi connectivity index (χ1n) is 12.9. The first-order chi connectivity index (χ1) is 19.6. The van der Waals surface area contributed by atoms with Crippen LogP contribution in [0.4, 0.5) is 5.69 Å². The number of aromatic nitrogens is 2. The van der Waals surface area contributed by atoms with E-state index in [9.17, 15) is 24.5 Å². The number of hydrogen-bond donors (Lipinski definition) is 2. The van der Waals surface area contributed by atoms with Crippen LogP contribution in [0.3, 0.4) is 0 Å². The summed E-state index contributed by atoms with van der Waals surface area (Å²) < 4.78 is 5.19. The Hall–Kier alpha value is -4.91. The number of carbonyl (C=O) groups is 3. The molecule has 4 rings (SSSR count). The lowest BCUT2D eigenvalue weighted by Gasteiger charge is -2.32. The second-order valence-electron chi connectivity index (χ2n) is 9.46. The summed E-state index contributed by atoms with van der Waals surface area (Å²) >= 11 is 0. The summed E-state index contributed by atoms with van der Waals surface area (Å²) in [5.74, 6) is -2.07. The molecule has 1 aliphatic heterocycles. The molecule has 1 saturated heterocycles. The Morgan fingerprint density at radius 2 is 1.66 bits per heavy atom. The van der Waals surface area contributed by atoms with Crippen molar-refractivity contribution in [2.45, 2.75) is 25.8 Å². The molecule has 0 unspecified atom stereocenters. The average molecular weight is 566 g/mol. The van der Waals surface area contributed by atoms with Crippen molar-refractivity contribution in [1.29, 1.82) is 0 Å². The normalized spacial score (nSPS) is 13.8. The Balaban J connectivity index is 0.000000507. The number of benzene rings is 2. The number of nitro benzene ring substituents is 1. The van der Waals surface area contributed by atoms with Gasteiger partial charge in [0.15, 0.2) is 0 Å². The first-order valence-corrected chi connectivity index (χ1v) is 12.9. The van der Waals surface area contributed by atoms with E-state index >= 15 is 0 Å². The van der Waals surface area contributed by atoms with Crippen molar-refractivity contribution in [2.75, 3.05) is 26.7 Å². The Labute approximate surface area is 235 Å². The highest BCUT2D eigenvalue weighted by atomic mass is 16.6. The van der Waals surface area contributed by atoms with Crippen LogP contribution < -0.4 is 0 Å². The SMILES string of the molecule is CN(CCC1CCN(Cc2ccccc2)CC1)C(=O)c1noc(-c2ccc([N+](=O)[O-])cc2)n1.O=C(O)/C=C/C(=O)O. The molecule has 216 valence electrons. The van der Waals surface area contributed by atoms with Crippen LogP contribution in [0.1, 0.15) is 35.4 Å². The number of carboxylic acids is 2. The number of non-ortho nitro benzene ring substituents is 1. The number of aliphatic carboxylic acids is 2. The van der Waals surface area contributed by atoms with Crippen LogP contribution in [-0.4, -0.2) is 79.6 Å². The van der Waals surface area contributed by atoms with E-state index in [0.29, 0.717) is 30.2 Å². The maximum absolute atomic E-state index is 12.7. The molecule has 41 heavy (non-hydrogen) atoms. The molecule has 13 nitrogen and oxygen atoms in total. The van der Waals surface area contributed by atoms with E-state index in [1.807, 2.05) is 6.07 Å². The van der Waals surface area contributed by atoms with Crippen LogP contribution in [0, 0.1) is 16.0 Å². The minimum Gasteiger partial charge on any atom is -0.478 e. The molecule has 0 aliphatic carbocycles. The molecule has 2 aromatic carbocycles. The van der Waals surface area contributed by atoms with Crippen LogP contribution in [0.15, 0.2) is 71.3 Å². The minimum atomic E-state index is -1.26. The van der Waals surface area contributed by atoms with Crippen molar-refractivity contribution in [3.63, 3.8) is 0 Å². The summed E-state index contributed by atoms with van der Waals surface area (Å²) in [5, 5.41) is 30.2. The summed E-state index contributed by atoms with van der Waals surface area (Å²) in [4.78, 5) is 50.4. The fraction of sp³-hybridized carbons (Fsp3) is 0.321. The molecule has 3 aromatic rings. The summed E-state index contributed by atoms with van der Waals surface area (Å²) in [7, 11) is 1.74. The Morgan fingerprint density at radius 3 is 2.22 bits per heavy atom.